The standard InChI is InChI=1S/C7H9NO2/c1-5-2-6-3-8-4-7(6)10-9-5/h3-5,8H,2H2,1H3. The van der Waals surface area contributed by atoms with Crippen LogP contribution in [0.4, 0.5) is 0 Å². The van der Waals surface area contributed by atoms with E-state index >= 15 is 0 Å². The van der Waals surface area contributed by atoms with Crippen molar-refractivity contribution in [1.29, 1.82) is 0 Å². The number of nitrogens with one attached hydrogen (secondary N) is 1. The fraction of sp³-hybridized carbons (Fsp3) is 0.429. The molecule has 0 aromatic carbocycles. The lowest BCUT2D eigenvalue weighted by atomic mass is 10.1. The lowest BCUT2D eigenvalue weighted by Gasteiger charge is -2.17. The van der Waals surface area contributed by atoms with Crippen molar-refractivity contribution in [2.75, 3.05) is 0 Å². The summed E-state index contributed by atoms with van der Waals surface area (Å²) in [5.74, 6) is 0.818. The Bertz CT molecular complexity index is 231. The van der Waals surface area contributed by atoms with E-state index < -0.39 is 0 Å². The van der Waals surface area contributed by atoms with Crippen molar-refractivity contribution in [2.24, 2.45) is 0 Å². The van der Waals surface area contributed by atoms with Gasteiger partial charge < -0.3 is 9.87 Å². The molecule has 2 rings (SSSR count). The van der Waals surface area contributed by atoms with Crippen molar-refractivity contribution < 1.29 is 9.78 Å². The minimum atomic E-state index is 0.170. The largest absolute Gasteiger partial charge is 0.364 e. The van der Waals surface area contributed by atoms with Crippen LogP contribution < -0.4 is 4.89 Å². The number of hydrogen-bond acceptors (Lipinski definition) is 2. The minimum Gasteiger partial charge on any atom is -0.364 e. The van der Waals surface area contributed by atoms with E-state index in [0.717, 1.165) is 12.2 Å². The van der Waals surface area contributed by atoms with E-state index in [1.54, 1.807) is 6.20 Å². The summed E-state index contributed by atoms with van der Waals surface area (Å²) in [5, 5.41) is 0. The Morgan fingerprint density at radius 1 is 1.60 bits per heavy atom. The Labute approximate surface area is 58.9 Å². The van der Waals surface area contributed by atoms with Crippen molar-refractivity contribution in [3.05, 3.63) is 18.0 Å². The maximum absolute atomic E-state index is 4.94. The predicted molar refractivity (Wildman–Crippen MR) is 35.7 cm³/mol. The van der Waals surface area contributed by atoms with Gasteiger partial charge in [0, 0.05) is 24.4 Å². The molecule has 0 spiro atoms. The molecule has 0 bridgehead atoms. The molecular weight excluding hydrogens is 130 g/mol. The molecular formula is C7H9NO2. The van der Waals surface area contributed by atoms with Crippen LogP contribution in [0.15, 0.2) is 12.4 Å². The maximum Gasteiger partial charge on any atom is 0.186 e. The summed E-state index contributed by atoms with van der Waals surface area (Å²) in [5.41, 5.74) is 1.19. The molecule has 0 fully saturated rings. The maximum atomic E-state index is 4.94. The molecule has 1 unspecified atom stereocenters. The monoisotopic (exact) mass is 139 g/mol. The van der Waals surface area contributed by atoms with E-state index in [0.29, 0.717) is 0 Å². The van der Waals surface area contributed by atoms with Crippen molar-refractivity contribution in [3.8, 4) is 5.75 Å². The van der Waals surface area contributed by atoms with Gasteiger partial charge in [-0.05, 0) is 6.92 Å². The van der Waals surface area contributed by atoms with Gasteiger partial charge >= 0.3 is 0 Å². The van der Waals surface area contributed by atoms with Gasteiger partial charge in [-0.25, -0.2) is 0 Å². The van der Waals surface area contributed by atoms with Gasteiger partial charge in [-0.15, -0.1) is 0 Å². The van der Waals surface area contributed by atoms with Crippen molar-refractivity contribution in [3.63, 3.8) is 0 Å². The normalized spacial score (nSPS) is 23.5. The van der Waals surface area contributed by atoms with Gasteiger partial charge in [0.25, 0.3) is 0 Å². The van der Waals surface area contributed by atoms with Crippen molar-refractivity contribution in [1.82, 2.24) is 4.98 Å². The highest BCUT2D eigenvalue weighted by Gasteiger charge is 2.17. The van der Waals surface area contributed by atoms with Crippen LogP contribution in [-0.2, 0) is 11.3 Å². The smallest absolute Gasteiger partial charge is 0.186 e. The second-order valence-electron chi connectivity index (χ2n) is 2.54. The number of fused-ring (bicyclic) bond motifs is 1. The average molecular weight is 139 g/mol. The first-order valence-electron chi connectivity index (χ1n) is 3.35. The summed E-state index contributed by atoms with van der Waals surface area (Å²) in [6.45, 7) is 1.98. The Hall–Kier alpha value is -0.960. The van der Waals surface area contributed by atoms with Crippen LogP contribution >= 0.6 is 0 Å². The van der Waals surface area contributed by atoms with E-state index in [1.165, 1.54) is 5.56 Å². The van der Waals surface area contributed by atoms with Crippen LogP contribution in [0.25, 0.3) is 0 Å². The molecule has 1 N–H and O–H groups in total. The average Bonchev–Trinajstić information content (AvgIpc) is 2.33. The molecule has 0 radical (unpaired) electrons. The third kappa shape index (κ3) is 0.789. The van der Waals surface area contributed by atoms with Gasteiger partial charge in [-0.3, -0.25) is 0 Å². The van der Waals surface area contributed by atoms with Crippen LogP contribution in [0, 0.1) is 0 Å². The highest BCUT2D eigenvalue weighted by atomic mass is 17.2. The number of rotatable bonds is 0. The number of H-pyrrole nitrogens is 1. The first-order valence-corrected chi connectivity index (χ1v) is 3.35. The molecule has 1 atom stereocenters. The highest BCUT2D eigenvalue weighted by Crippen LogP contribution is 2.24. The SMILES string of the molecule is CC1Cc2c[nH]cc2OO1. The van der Waals surface area contributed by atoms with Crippen LogP contribution in [0.5, 0.6) is 5.75 Å². The zero-order valence-electron chi connectivity index (χ0n) is 5.76. The molecule has 1 aromatic heterocycles. The number of aromatic nitrogens is 1. The minimum absolute atomic E-state index is 0.170. The molecule has 0 amide bonds. The lowest BCUT2D eigenvalue weighted by Crippen LogP contribution is -2.18. The fourth-order valence-electron chi connectivity index (χ4n) is 1.10. The second-order valence-corrected chi connectivity index (χ2v) is 2.54. The summed E-state index contributed by atoms with van der Waals surface area (Å²) in [7, 11) is 0. The van der Waals surface area contributed by atoms with Gasteiger partial charge in [0.2, 0.25) is 0 Å². The topological polar surface area (TPSA) is 34.2 Å². The van der Waals surface area contributed by atoms with Crippen LogP contribution in [-0.4, -0.2) is 11.1 Å². The van der Waals surface area contributed by atoms with E-state index in [2.05, 4.69) is 4.98 Å². The Morgan fingerprint density at radius 3 is 3.40 bits per heavy atom. The zero-order valence-corrected chi connectivity index (χ0v) is 5.76. The molecule has 10 heavy (non-hydrogen) atoms. The number of hydrogen-bond donors (Lipinski definition) is 1. The van der Waals surface area contributed by atoms with E-state index in [9.17, 15) is 0 Å². The molecule has 0 saturated heterocycles. The third-order valence-corrected chi connectivity index (χ3v) is 1.60. The zero-order chi connectivity index (χ0) is 6.97. The van der Waals surface area contributed by atoms with E-state index in [-0.39, 0.29) is 6.10 Å². The molecule has 1 aromatic rings. The first-order chi connectivity index (χ1) is 4.86. The molecule has 0 aliphatic carbocycles. The third-order valence-electron chi connectivity index (χ3n) is 1.60. The Morgan fingerprint density at radius 2 is 2.50 bits per heavy atom. The van der Waals surface area contributed by atoms with Gasteiger partial charge in [-0.2, -0.15) is 4.89 Å². The lowest BCUT2D eigenvalue weighted by molar-refractivity contribution is -0.248. The first kappa shape index (κ1) is 5.80. The second kappa shape index (κ2) is 2.02. The van der Waals surface area contributed by atoms with Crippen LogP contribution in [0.1, 0.15) is 12.5 Å². The van der Waals surface area contributed by atoms with Crippen LogP contribution in [0.2, 0.25) is 0 Å². The van der Waals surface area contributed by atoms with E-state index in [1.807, 2.05) is 13.1 Å². The highest BCUT2D eigenvalue weighted by molar-refractivity contribution is 5.30. The van der Waals surface area contributed by atoms with Gasteiger partial charge in [-0.1, -0.05) is 0 Å². The Balaban J connectivity index is 2.30. The molecule has 3 nitrogen and oxygen atoms in total. The van der Waals surface area contributed by atoms with Gasteiger partial charge in [0.1, 0.15) is 6.10 Å². The van der Waals surface area contributed by atoms with Crippen molar-refractivity contribution >= 4 is 0 Å². The molecule has 2 heterocycles. The predicted octanol–water partition coefficient (Wildman–Crippen LogP) is 1.27. The summed E-state index contributed by atoms with van der Waals surface area (Å²) in [6.07, 6.45) is 4.83. The summed E-state index contributed by atoms with van der Waals surface area (Å²) >= 11 is 0. The summed E-state index contributed by atoms with van der Waals surface area (Å²) < 4.78 is 0. The Kier molecular flexibility index (Phi) is 1.17. The van der Waals surface area contributed by atoms with E-state index in [4.69, 9.17) is 9.78 Å². The number of aromatic amines is 1. The summed E-state index contributed by atoms with van der Waals surface area (Å²) in [4.78, 5) is 12.8. The summed E-state index contributed by atoms with van der Waals surface area (Å²) in [6, 6.07) is 0. The molecule has 54 valence electrons. The van der Waals surface area contributed by atoms with Gasteiger partial charge in [0.05, 0.1) is 0 Å². The molecule has 1 aliphatic heterocycles. The molecule has 0 saturated carbocycles. The van der Waals surface area contributed by atoms with Crippen molar-refractivity contribution in [2.45, 2.75) is 19.4 Å². The van der Waals surface area contributed by atoms with Gasteiger partial charge in [0.15, 0.2) is 5.75 Å². The molecule has 1 aliphatic rings. The fourth-order valence-corrected chi connectivity index (χ4v) is 1.10. The molecule has 3 heteroatoms. The quantitative estimate of drug-likeness (QED) is 0.549. The van der Waals surface area contributed by atoms with Crippen LogP contribution in [0.3, 0.4) is 0 Å².